The van der Waals surface area contributed by atoms with Gasteiger partial charge in [-0.25, -0.2) is 0 Å². The molecule has 0 saturated carbocycles. The van der Waals surface area contributed by atoms with Crippen LogP contribution < -0.4 is 5.32 Å². The number of imide groups is 2. The number of halogens is 3. The number of hydroxylamine groups is 2. The maximum absolute atomic E-state index is 13.0. The van der Waals surface area contributed by atoms with Crippen molar-refractivity contribution in [3.63, 3.8) is 0 Å². The second-order valence-corrected chi connectivity index (χ2v) is 8.80. The molecule has 2 aliphatic rings. The van der Waals surface area contributed by atoms with Gasteiger partial charge >= 0.3 is 16.3 Å². The minimum absolute atomic E-state index is 0.0623. The van der Waals surface area contributed by atoms with Crippen molar-refractivity contribution in [2.75, 3.05) is 0 Å². The fourth-order valence-corrected chi connectivity index (χ4v) is 4.52. The van der Waals surface area contributed by atoms with Gasteiger partial charge in [0, 0.05) is 0 Å². The molecule has 1 N–H and O–H groups in total. The fraction of sp³-hybridized carbons (Fsp3) is 0.0435. The molecule has 4 amide bonds. The zero-order chi connectivity index (χ0) is 26.3. The summed E-state index contributed by atoms with van der Waals surface area (Å²) >= 11 is 0. The molecule has 0 spiro atoms. The minimum Gasteiger partial charge on any atom is -0.288 e. The quantitative estimate of drug-likeness (QED) is 0.528. The molecule has 0 radical (unpaired) electrons. The van der Waals surface area contributed by atoms with Gasteiger partial charge in [0.2, 0.25) is 0 Å². The number of nitrogens with one attached hydrogen (secondary N) is 1. The van der Waals surface area contributed by atoms with Gasteiger partial charge in [-0.1, -0.05) is 36.4 Å². The molecule has 2 heterocycles. The number of amides is 4. The van der Waals surface area contributed by atoms with Crippen LogP contribution in [0, 0.1) is 0 Å². The first-order valence-electron chi connectivity index (χ1n) is 9.95. The van der Waals surface area contributed by atoms with Crippen LogP contribution in [0.1, 0.15) is 47.0 Å². The van der Waals surface area contributed by atoms with Crippen molar-refractivity contribution in [3.05, 3.63) is 101 Å². The van der Waals surface area contributed by atoms with Gasteiger partial charge in [0.15, 0.2) is 0 Å². The monoisotopic (exact) mass is 518 g/mol. The van der Waals surface area contributed by atoms with Crippen molar-refractivity contribution in [3.8, 4) is 0 Å². The highest BCUT2D eigenvalue weighted by Gasteiger charge is 2.43. The summed E-state index contributed by atoms with van der Waals surface area (Å²) in [4.78, 5) is 44.9. The summed E-state index contributed by atoms with van der Waals surface area (Å²) in [6.07, 6.45) is -4.96. The lowest BCUT2D eigenvalue weighted by molar-refractivity contribution is -0.140. The molecule has 0 unspecified atom stereocenters. The van der Waals surface area contributed by atoms with Crippen molar-refractivity contribution in [1.29, 1.82) is 0 Å². The standard InChI is InChI=1S/C15H8F3NO5S.C8H5NO2/c16-15(17,18)11-7-3-4-8-12(11)25(22,23)24-19-13(20)9-5-1-2-6-10(9)14(19)21;10-7-5-3-1-2-4-6(5)8(11)9-7/h1-8H;1-4H,(H,9,10,11). The average Bonchev–Trinajstić information content (AvgIpc) is 3.27. The molecule has 36 heavy (non-hydrogen) atoms. The first-order valence-corrected chi connectivity index (χ1v) is 11.4. The van der Waals surface area contributed by atoms with Gasteiger partial charge in [0.1, 0.15) is 4.90 Å². The number of carbonyl (C=O) groups is 4. The van der Waals surface area contributed by atoms with E-state index in [-0.39, 0.29) is 28.0 Å². The lowest BCUT2D eigenvalue weighted by Gasteiger charge is -2.16. The van der Waals surface area contributed by atoms with E-state index in [1.165, 1.54) is 24.3 Å². The van der Waals surface area contributed by atoms with Crippen molar-refractivity contribution >= 4 is 33.7 Å². The van der Waals surface area contributed by atoms with Gasteiger partial charge in [0.25, 0.3) is 23.6 Å². The molecular formula is C23H13F3N2O7S. The molecule has 5 rings (SSSR count). The highest BCUT2D eigenvalue weighted by Crippen LogP contribution is 2.35. The Kier molecular flexibility index (Phi) is 6.20. The Morgan fingerprint density at radius 2 is 1.08 bits per heavy atom. The van der Waals surface area contributed by atoms with Crippen LogP contribution in [0.3, 0.4) is 0 Å². The molecule has 0 bridgehead atoms. The summed E-state index contributed by atoms with van der Waals surface area (Å²) in [6.45, 7) is 0. The number of carbonyl (C=O) groups excluding carboxylic acids is 4. The van der Waals surface area contributed by atoms with Gasteiger partial charge in [-0.2, -0.15) is 21.6 Å². The van der Waals surface area contributed by atoms with E-state index < -0.39 is 38.6 Å². The predicted octanol–water partition coefficient (Wildman–Crippen LogP) is 3.19. The Bertz CT molecular complexity index is 1470. The minimum atomic E-state index is -5.08. The molecule has 0 fully saturated rings. The maximum Gasteiger partial charge on any atom is 0.417 e. The van der Waals surface area contributed by atoms with E-state index in [4.69, 9.17) is 0 Å². The Morgan fingerprint density at radius 3 is 1.56 bits per heavy atom. The topological polar surface area (TPSA) is 127 Å². The summed E-state index contributed by atoms with van der Waals surface area (Å²) in [5.41, 5.74) is -0.736. The first kappa shape index (κ1) is 24.8. The van der Waals surface area contributed by atoms with E-state index in [9.17, 15) is 40.8 Å². The van der Waals surface area contributed by atoms with E-state index in [0.29, 0.717) is 23.3 Å². The van der Waals surface area contributed by atoms with E-state index in [2.05, 4.69) is 9.60 Å². The molecule has 2 aliphatic heterocycles. The van der Waals surface area contributed by atoms with Crippen molar-refractivity contribution in [2.45, 2.75) is 11.1 Å². The van der Waals surface area contributed by atoms with Crippen molar-refractivity contribution < 1.29 is 45.1 Å². The van der Waals surface area contributed by atoms with E-state index in [1.54, 1.807) is 24.3 Å². The number of hydrogen-bond acceptors (Lipinski definition) is 7. The third-order valence-electron chi connectivity index (χ3n) is 5.03. The molecule has 0 aliphatic carbocycles. The van der Waals surface area contributed by atoms with E-state index >= 15 is 0 Å². The lowest BCUT2D eigenvalue weighted by atomic mass is 10.1. The van der Waals surface area contributed by atoms with Crippen molar-refractivity contribution in [2.24, 2.45) is 0 Å². The number of benzene rings is 3. The molecule has 3 aromatic rings. The summed E-state index contributed by atoms with van der Waals surface area (Å²) in [7, 11) is -5.08. The number of fused-ring (bicyclic) bond motifs is 2. The van der Waals surface area contributed by atoms with Crippen LogP contribution in [-0.2, 0) is 20.6 Å². The first-order chi connectivity index (χ1) is 16.9. The number of hydrogen-bond donors (Lipinski definition) is 1. The number of nitrogens with zero attached hydrogens (tertiary/aromatic N) is 1. The van der Waals surface area contributed by atoms with E-state index in [1.807, 2.05) is 0 Å². The zero-order valence-electron chi connectivity index (χ0n) is 17.8. The summed E-state index contributed by atoms with van der Waals surface area (Å²) in [5.74, 6) is -2.75. The van der Waals surface area contributed by atoms with Crippen LogP contribution in [-0.4, -0.2) is 37.1 Å². The summed E-state index contributed by atoms with van der Waals surface area (Å²) in [5, 5.41) is 2.14. The van der Waals surface area contributed by atoms with E-state index in [0.717, 1.165) is 12.1 Å². The Hall–Kier alpha value is -4.36. The van der Waals surface area contributed by atoms with Gasteiger partial charge in [0.05, 0.1) is 27.8 Å². The largest absolute Gasteiger partial charge is 0.417 e. The molecule has 13 heteroatoms. The highest BCUT2D eigenvalue weighted by molar-refractivity contribution is 7.86. The Labute approximate surface area is 201 Å². The molecule has 3 aromatic carbocycles. The fourth-order valence-electron chi connectivity index (χ4n) is 3.41. The van der Waals surface area contributed by atoms with Crippen LogP contribution in [0.5, 0.6) is 0 Å². The zero-order valence-corrected chi connectivity index (χ0v) is 18.6. The molecule has 0 atom stereocenters. The second-order valence-electron chi connectivity index (χ2n) is 7.30. The summed E-state index contributed by atoms with van der Waals surface area (Å²) < 4.78 is 67.9. The smallest absolute Gasteiger partial charge is 0.288 e. The van der Waals surface area contributed by atoms with Gasteiger partial charge in [-0.05, 0) is 36.4 Å². The molecular weight excluding hydrogens is 505 g/mol. The molecule has 9 nitrogen and oxygen atoms in total. The molecule has 0 aromatic heterocycles. The third kappa shape index (κ3) is 4.48. The van der Waals surface area contributed by atoms with Crippen LogP contribution in [0.25, 0.3) is 0 Å². The van der Waals surface area contributed by atoms with Crippen LogP contribution in [0.15, 0.2) is 77.7 Å². The molecule has 184 valence electrons. The number of alkyl halides is 3. The molecule has 0 saturated heterocycles. The second kappa shape index (κ2) is 9.02. The average molecular weight is 518 g/mol. The van der Waals surface area contributed by atoms with Gasteiger partial charge in [-0.3, -0.25) is 24.5 Å². The SMILES string of the molecule is O=C1NC(=O)c2ccccc21.O=C1c2ccccc2C(=O)N1OS(=O)(=O)c1ccccc1C(F)(F)F. The van der Waals surface area contributed by atoms with Gasteiger partial charge < -0.3 is 0 Å². The number of rotatable bonds is 3. The van der Waals surface area contributed by atoms with Crippen molar-refractivity contribution in [1.82, 2.24) is 10.4 Å². The lowest BCUT2D eigenvalue weighted by Crippen LogP contribution is -2.33. The van der Waals surface area contributed by atoms with Crippen LogP contribution >= 0.6 is 0 Å². The van der Waals surface area contributed by atoms with Crippen LogP contribution in [0.2, 0.25) is 0 Å². The highest BCUT2D eigenvalue weighted by atomic mass is 32.2. The Morgan fingerprint density at radius 1 is 0.667 bits per heavy atom. The van der Waals surface area contributed by atoms with Gasteiger partial charge in [-0.15, -0.1) is 9.35 Å². The maximum atomic E-state index is 13.0. The predicted molar refractivity (Wildman–Crippen MR) is 115 cm³/mol. The van der Waals surface area contributed by atoms with Crippen LogP contribution in [0.4, 0.5) is 13.2 Å². The Balaban J connectivity index is 0.000000229. The third-order valence-corrected chi connectivity index (χ3v) is 6.27. The normalized spacial score (nSPS) is 14.7. The summed E-state index contributed by atoms with van der Waals surface area (Å²) in [6, 6.07) is 15.5.